The molecule has 0 bridgehead atoms. The van der Waals surface area contributed by atoms with Crippen LogP contribution in [0.5, 0.6) is 5.75 Å². The highest BCUT2D eigenvalue weighted by Gasteiger charge is 2.44. The maximum Gasteiger partial charge on any atom is 0.123 e. The Bertz CT molecular complexity index is 365. The number of rotatable bonds is 1. The molecule has 1 atom stereocenters. The molecule has 1 spiro atoms. The molecule has 2 aliphatic rings. The van der Waals surface area contributed by atoms with E-state index in [1.54, 1.807) is 0 Å². The van der Waals surface area contributed by atoms with Gasteiger partial charge in [0.2, 0.25) is 0 Å². The molecule has 1 fully saturated rings. The molecule has 1 aliphatic carbocycles. The van der Waals surface area contributed by atoms with Gasteiger partial charge in [-0.2, -0.15) is 0 Å². The van der Waals surface area contributed by atoms with Crippen molar-refractivity contribution in [3.63, 3.8) is 0 Å². The number of benzene rings is 1. The van der Waals surface area contributed by atoms with Crippen LogP contribution in [-0.2, 0) is 0 Å². The van der Waals surface area contributed by atoms with E-state index in [1.807, 2.05) is 0 Å². The Hall–Kier alpha value is -0.980. The van der Waals surface area contributed by atoms with Crippen molar-refractivity contribution in [1.29, 1.82) is 0 Å². The highest BCUT2D eigenvalue weighted by Crippen LogP contribution is 2.50. The van der Waals surface area contributed by atoms with Crippen molar-refractivity contribution in [3.8, 4) is 5.75 Å². The Morgan fingerprint density at radius 1 is 1.33 bits per heavy atom. The summed E-state index contributed by atoms with van der Waals surface area (Å²) in [4.78, 5) is 0. The van der Waals surface area contributed by atoms with E-state index in [4.69, 9.17) is 4.74 Å². The molecule has 1 heterocycles. The van der Waals surface area contributed by atoms with Gasteiger partial charge in [-0.3, -0.25) is 0 Å². The Morgan fingerprint density at radius 3 is 2.80 bits per heavy atom. The molecular formula is C14H18O. The lowest BCUT2D eigenvalue weighted by Crippen LogP contribution is -2.46. The third kappa shape index (κ3) is 1.37. The van der Waals surface area contributed by atoms with Crippen molar-refractivity contribution in [2.24, 2.45) is 0 Å². The predicted molar refractivity (Wildman–Crippen MR) is 61.3 cm³/mol. The molecule has 1 heteroatoms. The molecule has 1 saturated carbocycles. The van der Waals surface area contributed by atoms with Gasteiger partial charge in [-0.15, -0.1) is 0 Å². The van der Waals surface area contributed by atoms with Gasteiger partial charge >= 0.3 is 0 Å². The van der Waals surface area contributed by atoms with Crippen LogP contribution in [-0.4, -0.2) is 5.60 Å². The Labute approximate surface area is 91.5 Å². The van der Waals surface area contributed by atoms with Gasteiger partial charge in [-0.25, -0.2) is 0 Å². The third-order valence-electron chi connectivity index (χ3n) is 4.06. The summed E-state index contributed by atoms with van der Waals surface area (Å²) < 4.78 is 6.19. The van der Waals surface area contributed by atoms with E-state index in [0.717, 1.165) is 11.7 Å². The number of hydrogen-bond acceptors (Lipinski definition) is 1. The summed E-state index contributed by atoms with van der Waals surface area (Å²) >= 11 is 0. The summed E-state index contributed by atoms with van der Waals surface area (Å²) in [6, 6.07) is 8.58. The topological polar surface area (TPSA) is 9.23 Å². The Kier molecular flexibility index (Phi) is 2.01. The van der Waals surface area contributed by atoms with Crippen LogP contribution in [0.15, 0.2) is 24.3 Å². The molecule has 1 aromatic rings. The number of ether oxygens (including phenoxy) is 1. The van der Waals surface area contributed by atoms with Gasteiger partial charge in [0.15, 0.2) is 0 Å². The Morgan fingerprint density at radius 2 is 2.13 bits per heavy atom. The number of hydrogen-bond donors (Lipinski definition) is 0. The van der Waals surface area contributed by atoms with Crippen LogP contribution in [0.1, 0.15) is 50.5 Å². The Balaban J connectivity index is 1.99. The van der Waals surface area contributed by atoms with Crippen molar-refractivity contribution in [1.82, 2.24) is 0 Å². The minimum Gasteiger partial charge on any atom is -0.487 e. The van der Waals surface area contributed by atoms with Crippen molar-refractivity contribution in [2.75, 3.05) is 0 Å². The highest BCUT2D eigenvalue weighted by atomic mass is 16.5. The van der Waals surface area contributed by atoms with Gasteiger partial charge in [0.1, 0.15) is 11.4 Å². The maximum absolute atomic E-state index is 6.19. The first-order chi connectivity index (χ1) is 7.33. The molecule has 80 valence electrons. The smallest absolute Gasteiger partial charge is 0.123 e. The molecule has 15 heavy (non-hydrogen) atoms. The standard InChI is InChI=1S/C14H18O/c1-2-11-10-14(8-5-9-14)15-13-7-4-3-6-12(11)13/h3-4,6-7,11H,2,5,8-10H2,1H3. The van der Waals surface area contributed by atoms with Crippen molar-refractivity contribution < 1.29 is 4.74 Å². The van der Waals surface area contributed by atoms with Crippen molar-refractivity contribution >= 4 is 0 Å². The van der Waals surface area contributed by atoms with Crippen LogP contribution in [0, 0.1) is 0 Å². The fourth-order valence-electron chi connectivity index (χ4n) is 2.99. The fourth-order valence-corrected chi connectivity index (χ4v) is 2.99. The first-order valence-electron chi connectivity index (χ1n) is 6.11. The molecule has 1 aliphatic heterocycles. The molecule has 1 nitrogen and oxygen atoms in total. The van der Waals surface area contributed by atoms with E-state index in [9.17, 15) is 0 Å². The summed E-state index contributed by atoms with van der Waals surface area (Å²) in [6.07, 6.45) is 6.34. The number of fused-ring (bicyclic) bond motifs is 1. The normalized spacial score (nSPS) is 26.6. The largest absolute Gasteiger partial charge is 0.487 e. The molecule has 0 aromatic heterocycles. The zero-order valence-electron chi connectivity index (χ0n) is 9.33. The van der Waals surface area contributed by atoms with Gasteiger partial charge < -0.3 is 4.74 Å². The minimum absolute atomic E-state index is 0.217. The minimum atomic E-state index is 0.217. The van der Waals surface area contributed by atoms with Gasteiger partial charge in [-0.1, -0.05) is 25.1 Å². The first-order valence-corrected chi connectivity index (χ1v) is 6.11. The van der Waals surface area contributed by atoms with Crippen LogP contribution in [0.25, 0.3) is 0 Å². The summed E-state index contributed by atoms with van der Waals surface area (Å²) in [7, 11) is 0. The van der Waals surface area contributed by atoms with E-state index < -0.39 is 0 Å². The monoisotopic (exact) mass is 202 g/mol. The van der Waals surface area contributed by atoms with Crippen LogP contribution >= 0.6 is 0 Å². The zero-order chi connectivity index (χ0) is 10.3. The van der Waals surface area contributed by atoms with E-state index in [1.165, 1.54) is 37.7 Å². The third-order valence-corrected chi connectivity index (χ3v) is 4.06. The van der Waals surface area contributed by atoms with Gasteiger partial charge in [-0.05, 0) is 49.7 Å². The SMILES string of the molecule is CCC1CC2(CCC2)Oc2ccccc21. The lowest BCUT2D eigenvalue weighted by Gasteiger charge is -2.48. The van der Waals surface area contributed by atoms with Crippen LogP contribution < -0.4 is 4.74 Å². The molecule has 1 unspecified atom stereocenters. The highest BCUT2D eigenvalue weighted by molar-refractivity contribution is 5.39. The first kappa shape index (κ1) is 9.26. The molecule has 0 N–H and O–H groups in total. The lowest BCUT2D eigenvalue weighted by atomic mass is 9.70. The maximum atomic E-state index is 6.19. The second-order valence-corrected chi connectivity index (χ2v) is 4.99. The molecule has 3 rings (SSSR count). The second-order valence-electron chi connectivity index (χ2n) is 4.99. The molecule has 1 aromatic carbocycles. The average Bonchev–Trinajstić information content (AvgIpc) is 2.25. The van der Waals surface area contributed by atoms with Gasteiger partial charge in [0, 0.05) is 0 Å². The van der Waals surface area contributed by atoms with E-state index in [0.29, 0.717) is 0 Å². The summed E-state index contributed by atoms with van der Waals surface area (Å²) in [5, 5.41) is 0. The fraction of sp³-hybridized carbons (Fsp3) is 0.571. The number of para-hydroxylation sites is 1. The lowest BCUT2D eigenvalue weighted by molar-refractivity contribution is -0.0338. The zero-order valence-corrected chi connectivity index (χ0v) is 9.33. The summed E-state index contributed by atoms with van der Waals surface area (Å²) in [6.45, 7) is 2.29. The van der Waals surface area contributed by atoms with Gasteiger partial charge in [0.05, 0.1) is 0 Å². The summed E-state index contributed by atoms with van der Waals surface area (Å²) in [5.41, 5.74) is 1.65. The second kappa shape index (κ2) is 3.26. The van der Waals surface area contributed by atoms with E-state index >= 15 is 0 Å². The predicted octanol–water partition coefficient (Wildman–Crippen LogP) is 3.89. The quantitative estimate of drug-likeness (QED) is 0.671. The van der Waals surface area contributed by atoms with Crippen LogP contribution in [0.3, 0.4) is 0 Å². The molecular weight excluding hydrogens is 184 g/mol. The van der Waals surface area contributed by atoms with Crippen LogP contribution in [0.2, 0.25) is 0 Å². The van der Waals surface area contributed by atoms with Crippen molar-refractivity contribution in [2.45, 2.75) is 50.5 Å². The summed E-state index contributed by atoms with van der Waals surface area (Å²) in [5.74, 6) is 1.87. The van der Waals surface area contributed by atoms with E-state index in [-0.39, 0.29) is 5.60 Å². The average molecular weight is 202 g/mol. The van der Waals surface area contributed by atoms with Crippen molar-refractivity contribution in [3.05, 3.63) is 29.8 Å². The molecule has 0 amide bonds. The molecule has 0 radical (unpaired) electrons. The van der Waals surface area contributed by atoms with Gasteiger partial charge in [0.25, 0.3) is 0 Å². The van der Waals surface area contributed by atoms with E-state index in [2.05, 4.69) is 31.2 Å². The van der Waals surface area contributed by atoms with Crippen LogP contribution in [0.4, 0.5) is 0 Å². The molecule has 0 saturated heterocycles.